The first-order valence-electron chi connectivity index (χ1n) is 18.7. The number of benzene rings is 3. The van der Waals surface area contributed by atoms with Crippen LogP contribution in [0.1, 0.15) is 89.8 Å². The molecule has 0 unspecified atom stereocenters. The molecule has 19 heteroatoms. The summed E-state index contributed by atoms with van der Waals surface area (Å²) < 4.78 is 84.7. The average molecular weight is 924 g/mol. The molecule has 3 aromatic rings. The molecule has 0 saturated carbocycles. The third-order valence-corrected chi connectivity index (χ3v) is 15.9. The zero-order chi connectivity index (χ0) is 42.5. The molecule has 3 aromatic carbocycles. The van der Waals surface area contributed by atoms with Crippen molar-refractivity contribution in [2.75, 3.05) is 40.1 Å². The molecule has 1 spiro atoms. The lowest BCUT2D eigenvalue weighted by molar-refractivity contribution is -0.133. The van der Waals surface area contributed by atoms with Crippen molar-refractivity contribution >= 4 is 101 Å². The van der Waals surface area contributed by atoms with Crippen molar-refractivity contribution in [1.82, 2.24) is 0 Å². The van der Waals surface area contributed by atoms with Crippen LogP contribution < -0.4 is 14.5 Å². The Kier molecular flexibility index (Phi) is 9.19. The van der Waals surface area contributed by atoms with Crippen LogP contribution in [0.2, 0.25) is 15.1 Å². The highest BCUT2D eigenvalue weighted by Gasteiger charge is 2.59. The zero-order valence-corrected chi connectivity index (χ0v) is 36.8. The Hall–Kier alpha value is -3.48. The maximum Gasteiger partial charge on any atom is 0.341 e. The molecular formula is C40H37Cl3N2O11S3. The second-order valence-corrected chi connectivity index (χ2v) is 21.8. The molecule has 0 saturated heterocycles. The summed E-state index contributed by atoms with van der Waals surface area (Å²) in [4.78, 5) is 30.8. The number of carboxylic acid groups (broad SMARTS) is 1. The number of halogens is 3. The summed E-state index contributed by atoms with van der Waals surface area (Å²) in [5.74, 6) is -3.31. The van der Waals surface area contributed by atoms with Gasteiger partial charge >= 0.3 is 11.9 Å². The van der Waals surface area contributed by atoms with E-state index in [1.807, 2.05) is 27.7 Å². The molecule has 0 fully saturated rings. The van der Waals surface area contributed by atoms with Gasteiger partial charge in [-0.05, 0) is 76.7 Å². The number of carbonyl (C=O) groups is 2. The highest BCUT2D eigenvalue weighted by Crippen LogP contribution is 2.66. The van der Waals surface area contributed by atoms with E-state index in [1.54, 1.807) is 24.3 Å². The Balaban J connectivity index is 1.45. The summed E-state index contributed by atoms with van der Waals surface area (Å²) in [5, 5.41) is 9.17. The van der Waals surface area contributed by atoms with Gasteiger partial charge in [0, 0.05) is 56.9 Å². The molecule has 3 N–H and O–H groups in total. The fraction of sp³-hybridized carbons (Fsp3) is 0.400. The van der Waals surface area contributed by atoms with Gasteiger partial charge in [-0.15, -0.1) is 11.8 Å². The minimum atomic E-state index is -4.56. The lowest BCUT2D eigenvalue weighted by Gasteiger charge is -2.50. The largest absolute Gasteiger partial charge is 0.481 e. The van der Waals surface area contributed by atoms with Crippen LogP contribution >= 0.6 is 46.6 Å². The number of carbonyl (C=O) groups excluding carboxylic acids is 1. The quantitative estimate of drug-likeness (QED) is 0.0895. The summed E-state index contributed by atoms with van der Waals surface area (Å²) in [7, 11) is -9.13. The molecule has 6 aliphatic heterocycles. The minimum absolute atomic E-state index is 0.0461. The Bertz CT molecular complexity index is 2660. The minimum Gasteiger partial charge on any atom is -0.481 e. The van der Waals surface area contributed by atoms with Crippen LogP contribution in [0.3, 0.4) is 0 Å². The number of nitrogens with zero attached hydrogens (tertiary/aromatic N) is 2. The van der Waals surface area contributed by atoms with Crippen LogP contribution in [0.5, 0.6) is 11.5 Å². The molecule has 6 aliphatic rings. The summed E-state index contributed by atoms with van der Waals surface area (Å²) in [6, 6.07) is 3.37. The molecule has 13 nitrogen and oxygen atoms in total. The maximum absolute atomic E-state index is 14.5. The van der Waals surface area contributed by atoms with E-state index in [1.165, 1.54) is 0 Å². The number of hydrogen-bond acceptors (Lipinski definition) is 11. The third-order valence-electron chi connectivity index (χ3n) is 12.1. The van der Waals surface area contributed by atoms with E-state index >= 15 is 0 Å². The van der Waals surface area contributed by atoms with Crippen molar-refractivity contribution < 1.29 is 50.1 Å². The highest BCUT2D eigenvalue weighted by molar-refractivity contribution is 8.00. The average Bonchev–Trinajstić information content (AvgIpc) is 3.43. The van der Waals surface area contributed by atoms with Gasteiger partial charge in [-0.25, -0.2) is 4.79 Å². The first-order valence-corrected chi connectivity index (χ1v) is 24.1. The van der Waals surface area contributed by atoms with E-state index in [4.69, 9.17) is 44.3 Å². The predicted molar refractivity (Wildman–Crippen MR) is 226 cm³/mol. The van der Waals surface area contributed by atoms with E-state index in [-0.39, 0.29) is 42.2 Å². The lowest BCUT2D eigenvalue weighted by Crippen LogP contribution is -2.49. The number of carboxylic acids is 1. The molecule has 0 aromatic heterocycles. The van der Waals surface area contributed by atoms with Gasteiger partial charge in [0.1, 0.15) is 23.0 Å². The normalized spacial score (nSPS) is 20.1. The van der Waals surface area contributed by atoms with Crippen LogP contribution in [0.4, 0.5) is 11.4 Å². The molecule has 0 amide bonds. The highest BCUT2D eigenvalue weighted by atomic mass is 35.5. The second kappa shape index (κ2) is 13.3. The fourth-order valence-electron chi connectivity index (χ4n) is 10.0. The summed E-state index contributed by atoms with van der Waals surface area (Å²) in [5.41, 5.74) is 1.28. The van der Waals surface area contributed by atoms with Gasteiger partial charge in [0.05, 0.1) is 48.8 Å². The molecule has 6 heterocycles. The predicted octanol–water partition coefficient (Wildman–Crippen LogP) is 8.02. The Morgan fingerprint density at radius 1 is 0.797 bits per heavy atom. The summed E-state index contributed by atoms with van der Waals surface area (Å²) in [6.07, 6.45) is 5.87. The monoisotopic (exact) mass is 922 g/mol. The van der Waals surface area contributed by atoms with Crippen LogP contribution in [0.25, 0.3) is 11.1 Å². The van der Waals surface area contributed by atoms with E-state index in [0.29, 0.717) is 95.0 Å². The Morgan fingerprint density at radius 3 is 1.71 bits per heavy atom. The van der Waals surface area contributed by atoms with Gasteiger partial charge in [0.15, 0.2) is 5.60 Å². The first kappa shape index (κ1) is 40.9. The van der Waals surface area contributed by atoms with Gasteiger partial charge in [-0.2, -0.15) is 16.8 Å². The van der Waals surface area contributed by atoms with Gasteiger partial charge < -0.3 is 24.4 Å². The van der Waals surface area contributed by atoms with Crippen molar-refractivity contribution in [2.24, 2.45) is 0 Å². The zero-order valence-electron chi connectivity index (χ0n) is 32.0. The van der Waals surface area contributed by atoms with E-state index < -0.39 is 66.1 Å². The van der Waals surface area contributed by atoms with Crippen molar-refractivity contribution in [2.45, 2.75) is 75.0 Å². The number of fused-ring (bicyclic) bond motifs is 8. The van der Waals surface area contributed by atoms with Crippen molar-refractivity contribution in [3.63, 3.8) is 0 Å². The third kappa shape index (κ3) is 6.14. The Labute approximate surface area is 359 Å². The molecule has 0 bridgehead atoms. The summed E-state index contributed by atoms with van der Waals surface area (Å²) in [6.45, 7) is 9.05. The van der Waals surface area contributed by atoms with Crippen molar-refractivity contribution in [3.05, 3.63) is 83.9 Å². The number of rotatable bonds is 7. The number of anilines is 2. The van der Waals surface area contributed by atoms with E-state index in [2.05, 4.69) is 9.80 Å². The molecule has 9 rings (SSSR count). The number of thioether (sulfide) groups is 1. The molecule has 312 valence electrons. The second-order valence-electron chi connectivity index (χ2n) is 16.7. The van der Waals surface area contributed by atoms with Crippen LogP contribution in [0, 0.1) is 0 Å². The lowest BCUT2D eigenvalue weighted by atomic mass is 9.71. The maximum atomic E-state index is 14.5. The van der Waals surface area contributed by atoms with Crippen LogP contribution in [-0.4, -0.2) is 84.4 Å². The van der Waals surface area contributed by atoms with Crippen LogP contribution in [-0.2, 0) is 48.2 Å². The topological polar surface area (TPSA) is 188 Å². The van der Waals surface area contributed by atoms with Crippen molar-refractivity contribution in [1.29, 1.82) is 0 Å². The van der Waals surface area contributed by atoms with E-state index in [0.717, 1.165) is 11.8 Å². The first-order chi connectivity index (χ1) is 27.4. The molecule has 0 aliphatic carbocycles. The Morgan fingerprint density at radius 2 is 1.27 bits per heavy atom. The number of hydrogen-bond donors (Lipinski definition) is 3. The molecule has 59 heavy (non-hydrogen) atoms. The summed E-state index contributed by atoms with van der Waals surface area (Å²) >= 11 is 21.8. The SMILES string of the molecule is CC1(C)C=C(CS(=O)(=O)O)c2cc3c(c4c2N1CCC4)Oc1c(cc2c4c1CCCN4C(C)(C)C=C2CS(=O)(=O)O)C31OC(=O)c2c(Cl)c(Cl)c(SCC(=O)O)c(Cl)c21. The van der Waals surface area contributed by atoms with Gasteiger partial charge in [-0.3, -0.25) is 13.9 Å². The number of esters is 1. The van der Waals surface area contributed by atoms with Gasteiger partial charge in [0.25, 0.3) is 20.2 Å². The number of ether oxygens (including phenoxy) is 2. The molecule has 0 radical (unpaired) electrons. The van der Waals surface area contributed by atoms with E-state index in [9.17, 15) is 40.6 Å². The van der Waals surface area contributed by atoms with Gasteiger partial charge in [0.2, 0.25) is 0 Å². The smallest absolute Gasteiger partial charge is 0.341 e. The van der Waals surface area contributed by atoms with Gasteiger partial charge in [-0.1, -0.05) is 47.0 Å². The fourth-order valence-corrected chi connectivity index (χ4v) is 13.2. The standard InChI is InChI=1S/C40H37Cl3N2O11S3/c1-38(2)13-18(16-58(49,50)51)22-11-24-34(20-7-5-9-44(38)32(20)22)55-35-21-8-6-10-45-33(21)23(19(14-39(45,3)4)17-59(52,53)54)12-25(35)40(24)28-27(37(48)56-40)29(41)31(43)36(30(28)42)57-15-26(46)47/h11-14H,5-10,15-17H2,1-4H3,(H,46,47)(H,49,50,51)(H,52,53,54). The van der Waals surface area contributed by atoms with Crippen LogP contribution in [0.15, 0.2) is 29.2 Å². The number of aliphatic carboxylic acids is 1. The molecule has 0 atom stereocenters. The molecular weight excluding hydrogens is 887 g/mol. The van der Waals surface area contributed by atoms with Crippen molar-refractivity contribution in [3.8, 4) is 11.5 Å².